The number of carboxylic acid groups (broad SMARTS) is 1. The minimum Gasteiger partial charge on any atom is -0.478 e. The molecule has 18 heavy (non-hydrogen) atoms. The van der Waals surface area contributed by atoms with E-state index >= 15 is 0 Å². The highest BCUT2D eigenvalue weighted by Crippen LogP contribution is 2.28. The molecule has 0 spiro atoms. The summed E-state index contributed by atoms with van der Waals surface area (Å²) in [6.07, 6.45) is 3.82. The van der Waals surface area contributed by atoms with E-state index in [1.165, 1.54) is 5.57 Å². The normalized spacial score (nSPS) is 23.2. The molecule has 4 heteroatoms. The fourth-order valence-electron chi connectivity index (χ4n) is 2.28. The molecule has 0 unspecified atom stereocenters. The zero-order chi connectivity index (χ0) is 13.7. The van der Waals surface area contributed by atoms with Gasteiger partial charge in [-0.15, -0.1) is 0 Å². The molecule has 2 N–H and O–H groups in total. The van der Waals surface area contributed by atoms with Crippen LogP contribution in [0.5, 0.6) is 0 Å². The van der Waals surface area contributed by atoms with Crippen LogP contribution in [-0.2, 0) is 9.59 Å². The number of nitrogens with one attached hydrogen (secondary N) is 1. The molecular formula is C14H21NO3. The summed E-state index contributed by atoms with van der Waals surface area (Å²) in [4.78, 5) is 22.1. The van der Waals surface area contributed by atoms with Crippen LogP contribution in [0.1, 0.15) is 39.0 Å². The number of carbonyl (C=O) groups is 2. The van der Waals surface area contributed by atoms with Gasteiger partial charge in [-0.3, -0.25) is 4.79 Å². The van der Waals surface area contributed by atoms with E-state index in [9.17, 15) is 9.59 Å². The van der Waals surface area contributed by atoms with E-state index in [2.05, 4.69) is 18.5 Å². The predicted octanol–water partition coefficient (Wildman–Crippen LogP) is 2.27. The molecule has 4 nitrogen and oxygen atoms in total. The molecule has 1 aliphatic rings. The standard InChI is InChI=1S/C14H21NO3/c1-9(2)11-4-6-12(7-5-11)15-13(16)8-10(3)14(17)18/h11-12H,1,3-8H2,2H3,(H,15,16)(H,17,18)/t11-,12-. The molecule has 1 aliphatic carbocycles. The van der Waals surface area contributed by atoms with Crippen molar-refractivity contribution in [3.8, 4) is 0 Å². The monoisotopic (exact) mass is 251 g/mol. The van der Waals surface area contributed by atoms with Gasteiger partial charge in [0.05, 0.1) is 6.42 Å². The first kappa shape index (κ1) is 14.5. The van der Waals surface area contributed by atoms with Gasteiger partial charge in [0.2, 0.25) is 5.91 Å². The first-order valence-electron chi connectivity index (χ1n) is 6.26. The fourth-order valence-corrected chi connectivity index (χ4v) is 2.28. The molecule has 0 aromatic carbocycles. The smallest absolute Gasteiger partial charge is 0.331 e. The lowest BCUT2D eigenvalue weighted by atomic mass is 9.82. The van der Waals surface area contributed by atoms with Crippen LogP contribution < -0.4 is 5.32 Å². The Morgan fingerprint density at radius 2 is 1.78 bits per heavy atom. The number of hydrogen-bond donors (Lipinski definition) is 2. The average Bonchev–Trinajstić information content (AvgIpc) is 2.29. The predicted molar refractivity (Wildman–Crippen MR) is 70.1 cm³/mol. The molecule has 0 heterocycles. The molecular weight excluding hydrogens is 230 g/mol. The number of amides is 1. The Bertz CT molecular complexity index is 365. The van der Waals surface area contributed by atoms with E-state index in [1.807, 2.05) is 6.92 Å². The highest BCUT2D eigenvalue weighted by molar-refractivity contribution is 5.93. The van der Waals surface area contributed by atoms with Gasteiger partial charge in [-0.1, -0.05) is 18.7 Å². The first-order valence-corrected chi connectivity index (χ1v) is 6.26. The van der Waals surface area contributed by atoms with Crippen LogP contribution in [0.3, 0.4) is 0 Å². The van der Waals surface area contributed by atoms with E-state index in [0.29, 0.717) is 5.92 Å². The van der Waals surface area contributed by atoms with Gasteiger partial charge in [0, 0.05) is 11.6 Å². The highest BCUT2D eigenvalue weighted by Gasteiger charge is 2.23. The van der Waals surface area contributed by atoms with Crippen LogP contribution in [0.15, 0.2) is 24.3 Å². The van der Waals surface area contributed by atoms with Gasteiger partial charge in [-0.25, -0.2) is 4.79 Å². The number of aliphatic carboxylic acids is 1. The molecule has 0 aliphatic heterocycles. The van der Waals surface area contributed by atoms with Gasteiger partial charge in [-0.2, -0.15) is 0 Å². The van der Waals surface area contributed by atoms with Crippen LogP contribution in [0.4, 0.5) is 0 Å². The molecule has 1 fully saturated rings. The zero-order valence-electron chi connectivity index (χ0n) is 10.9. The Morgan fingerprint density at radius 1 is 1.22 bits per heavy atom. The molecule has 0 saturated heterocycles. The van der Waals surface area contributed by atoms with Crippen molar-refractivity contribution in [2.75, 3.05) is 0 Å². The minimum absolute atomic E-state index is 0.0666. The quantitative estimate of drug-likeness (QED) is 0.582. The summed E-state index contributed by atoms with van der Waals surface area (Å²) in [5.74, 6) is -0.801. The second-order valence-corrected chi connectivity index (χ2v) is 5.05. The third-order valence-electron chi connectivity index (χ3n) is 3.47. The Labute approximate surface area is 108 Å². The molecule has 1 rings (SSSR count). The average molecular weight is 251 g/mol. The molecule has 0 aromatic heterocycles. The van der Waals surface area contributed by atoms with Crippen molar-refractivity contribution in [2.45, 2.75) is 45.1 Å². The summed E-state index contributed by atoms with van der Waals surface area (Å²) in [5.41, 5.74) is 1.14. The molecule has 0 atom stereocenters. The van der Waals surface area contributed by atoms with E-state index in [-0.39, 0.29) is 23.9 Å². The summed E-state index contributed by atoms with van der Waals surface area (Å²) in [6.45, 7) is 9.35. The Hall–Kier alpha value is -1.58. The lowest BCUT2D eigenvalue weighted by Crippen LogP contribution is -2.38. The number of carbonyl (C=O) groups excluding carboxylic acids is 1. The SMILES string of the molecule is C=C(CC(=O)N[C@H]1CC[C@H](C(=C)C)CC1)C(=O)O. The summed E-state index contributed by atoms with van der Waals surface area (Å²) < 4.78 is 0. The number of allylic oxidation sites excluding steroid dienone is 1. The number of carboxylic acids is 1. The Kier molecular flexibility index (Phi) is 5.13. The number of rotatable bonds is 5. The summed E-state index contributed by atoms with van der Waals surface area (Å²) in [5, 5.41) is 11.5. The summed E-state index contributed by atoms with van der Waals surface area (Å²) in [7, 11) is 0. The minimum atomic E-state index is -1.11. The first-order chi connectivity index (χ1) is 8.40. The molecule has 100 valence electrons. The maximum atomic E-state index is 11.6. The van der Waals surface area contributed by atoms with Gasteiger partial charge in [-0.05, 0) is 38.5 Å². The van der Waals surface area contributed by atoms with Crippen molar-refractivity contribution in [2.24, 2.45) is 5.92 Å². The van der Waals surface area contributed by atoms with Gasteiger partial charge in [0.1, 0.15) is 0 Å². The second-order valence-electron chi connectivity index (χ2n) is 5.05. The van der Waals surface area contributed by atoms with Crippen LogP contribution in [0, 0.1) is 5.92 Å². The molecule has 1 amide bonds. The van der Waals surface area contributed by atoms with Crippen LogP contribution >= 0.6 is 0 Å². The van der Waals surface area contributed by atoms with Gasteiger partial charge < -0.3 is 10.4 Å². The van der Waals surface area contributed by atoms with E-state index < -0.39 is 5.97 Å². The second kappa shape index (κ2) is 6.38. The molecule has 0 bridgehead atoms. The van der Waals surface area contributed by atoms with Crippen molar-refractivity contribution in [1.82, 2.24) is 5.32 Å². The zero-order valence-corrected chi connectivity index (χ0v) is 10.9. The summed E-state index contributed by atoms with van der Waals surface area (Å²) >= 11 is 0. The van der Waals surface area contributed by atoms with Gasteiger partial charge >= 0.3 is 5.97 Å². The summed E-state index contributed by atoms with van der Waals surface area (Å²) in [6, 6.07) is 0.162. The van der Waals surface area contributed by atoms with Crippen molar-refractivity contribution < 1.29 is 14.7 Å². The van der Waals surface area contributed by atoms with Crippen molar-refractivity contribution in [3.05, 3.63) is 24.3 Å². The third kappa shape index (κ3) is 4.35. The molecule has 0 aromatic rings. The van der Waals surface area contributed by atoms with E-state index in [1.54, 1.807) is 0 Å². The maximum absolute atomic E-state index is 11.6. The molecule has 0 radical (unpaired) electrons. The largest absolute Gasteiger partial charge is 0.478 e. The number of hydrogen-bond acceptors (Lipinski definition) is 2. The topological polar surface area (TPSA) is 66.4 Å². The lowest BCUT2D eigenvalue weighted by Gasteiger charge is -2.29. The molecule has 1 saturated carbocycles. The van der Waals surface area contributed by atoms with E-state index in [0.717, 1.165) is 25.7 Å². The Balaban J connectivity index is 2.32. The van der Waals surface area contributed by atoms with Crippen molar-refractivity contribution >= 4 is 11.9 Å². The van der Waals surface area contributed by atoms with Crippen molar-refractivity contribution in [1.29, 1.82) is 0 Å². The van der Waals surface area contributed by atoms with Crippen molar-refractivity contribution in [3.63, 3.8) is 0 Å². The fraction of sp³-hybridized carbons (Fsp3) is 0.571. The highest BCUT2D eigenvalue weighted by atomic mass is 16.4. The third-order valence-corrected chi connectivity index (χ3v) is 3.47. The van der Waals surface area contributed by atoms with Crippen LogP contribution in [0.25, 0.3) is 0 Å². The van der Waals surface area contributed by atoms with Gasteiger partial charge in [0.15, 0.2) is 0 Å². The lowest BCUT2D eigenvalue weighted by molar-refractivity contribution is -0.134. The van der Waals surface area contributed by atoms with Crippen LogP contribution in [0.2, 0.25) is 0 Å². The maximum Gasteiger partial charge on any atom is 0.331 e. The van der Waals surface area contributed by atoms with Crippen LogP contribution in [-0.4, -0.2) is 23.0 Å². The van der Waals surface area contributed by atoms with E-state index in [4.69, 9.17) is 5.11 Å². The van der Waals surface area contributed by atoms with Gasteiger partial charge in [0.25, 0.3) is 0 Å². The Morgan fingerprint density at radius 3 is 2.22 bits per heavy atom.